The standard InChI is InChI=1S/C25H22Cl2N4O4S/c1-35-13-21-22(25(32)29-17-10-11-36(33,34)14-17)24-28-12-19(18-4-2-3-5-20(18)27)23(31(24)30-21)15-6-8-16(26)9-7-15/h2-9,12,17H,10-11,13-14H2,1H3,(H,29,32)/t17-/m0/s1. The highest BCUT2D eigenvalue weighted by atomic mass is 35.5. The molecule has 0 bridgehead atoms. The molecule has 8 nitrogen and oxygen atoms in total. The first-order valence-corrected chi connectivity index (χ1v) is 13.8. The quantitative estimate of drug-likeness (QED) is 0.385. The summed E-state index contributed by atoms with van der Waals surface area (Å²) in [7, 11) is -1.65. The van der Waals surface area contributed by atoms with Crippen LogP contribution in [0.15, 0.2) is 54.7 Å². The summed E-state index contributed by atoms with van der Waals surface area (Å²) in [4.78, 5) is 18.0. The van der Waals surface area contributed by atoms with Gasteiger partial charge in [0.15, 0.2) is 15.5 Å². The molecular weight excluding hydrogens is 523 g/mol. The molecule has 2 aromatic carbocycles. The predicted octanol–water partition coefficient (Wildman–Crippen LogP) is 4.43. The van der Waals surface area contributed by atoms with Crippen LogP contribution in [0.3, 0.4) is 0 Å². The van der Waals surface area contributed by atoms with Crippen molar-refractivity contribution in [1.82, 2.24) is 19.9 Å². The van der Waals surface area contributed by atoms with Crippen LogP contribution in [0.5, 0.6) is 0 Å². The lowest BCUT2D eigenvalue weighted by atomic mass is 10.0. The number of amides is 1. The minimum atomic E-state index is -3.16. The Bertz CT molecular complexity index is 1570. The Balaban J connectivity index is 1.71. The Kier molecular flexibility index (Phi) is 6.74. The molecule has 2 aromatic heterocycles. The number of nitrogens with one attached hydrogen (secondary N) is 1. The molecule has 1 aliphatic rings. The largest absolute Gasteiger partial charge is 0.378 e. The van der Waals surface area contributed by atoms with Crippen molar-refractivity contribution in [1.29, 1.82) is 0 Å². The number of carbonyl (C=O) groups is 1. The van der Waals surface area contributed by atoms with Crippen LogP contribution in [0.2, 0.25) is 10.0 Å². The van der Waals surface area contributed by atoms with Crippen molar-refractivity contribution in [2.75, 3.05) is 18.6 Å². The van der Waals surface area contributed by atoms with E-state index in [1.807, 2.05) is 30.3 Å². The highest BCUT2D eigenvalue weighted by Gasteiger charge is 2.32. The molecule has 4 aromatic rings. The Labute approximate surface area is 218 Å². The zero-order chi connectivity index (χ0) is 25.4. The average molecular weight is 545 g/mol. The number of rotatable bonds is 6. The molecule has 0 unspecified atom stereocenters. The summed E-state index contributed by atoms with van der Waals surface area (Å²) >= 11 is 12.7. The van der Waals surface area contributed by atoms with Crippen LogP contribution in [0.25, 0.3) is 28.0 Å². The van der Waals surface area contributed by atoms with Crippen molar-refractivity contribution >= 4 is 44.6 Å². The number of nitrogens with zero attached hydrogens (tertiary/aromatic N) is 3. The van der Waals surface area contributed by atoms with Crippen LogP contribution in [0.4, 0.5) is 0 Å². The number of benzene rings is 2. The van der Waals surface area contributed by atoms with Gasteiger partial charge in [-0.05, 0) is 24.6 Å². The van der Waals surface area contributed by atoms with Crippen molar-refractivity contribution < 1.29 is 17.9 Å². The maximum Gasteiger partial charge on any atom is 0.257 e. The highest BCUT2D eigenvalue weighted by molar-refractivity contribution is 7.91. The van der Waals surface area contributed by atoms with E-state index in [9.17, 15) is 13.2 Å². The van der Waals surface area contributed by atoms with Gasteiger partial charge in [-0.15, -0.1) is 0 Å². The topological polar surface area (TPSA) is 103 Å². The van der Waals surface area contributed by atoms with E-state index in [1.54, 1.807) is 28.9 Å². The molecule has 0 radical (unpaired) electrons. The second-order valence-corrected chi connectivity index (χ2v) is 11.6. The Hall–Kier alpha value is -2.98. The predicted molar refractivity (Wildman–Crippen MR) is 139 cm³/mol. The maximum atomic E-state index is 13.4. The first-order chi connectivity index (χ1) is 17.3. The lowest BCUT2D eigenvalue weighted by molar-refractivity contribution is 0.0937. The van der Waals surface area contributed by atoms with Crippen LogP contribution >= 0.6 is 23.2 Å². The van der Waals surface area contributed by atoms with Gasteiger partial charge in [-0.25, -0.2) is 17.9 Å². The van der Waals surface area contributed by atoms with Gasteiger partial charge in [0.1, 0.15) is 11.3 Å². The number of aromatic nitrogens is 3. The second-order valence-electron chi connectivity index (χ2n) is 8.57. The molecule has 1 amide bonds. The maximum absolute atomic E-state index is 13.4. The Morgan fingerprint density at radius 3 is 2.56 bits per heavy atom. The van der Waals surface area contributed by atoms with Gasteiger partial charge in [0.2, 0.25) is 0 Å². The molecule has 1 atom stereocenters. The molecule has 0 saturated carbocycles. The number of ether oxygens (including phenoxy) is 1. The molecule has 186 valence electrons. The third-order valence-electron chi connectivity index (χ3n) is 6.07. The summed E-state index contributed by atoms with van der Waals surface area (Å²) in [6, 6.07) is 14.2. The molecular formula is C25H22Cl2N4O4S. The highest BCUT2D eigenvalue weighted by Crippen LogP contribution is 2.37. The van der Waals surface area contributed by atoms with E-state index in [0.29, 0.717) is 33.5 Å². The van der Waals surface area contributed by atoms with E-state index in [-0.39, 0.29) is 23.7 Å². The van der Waals surface area contributed by atoms with E-state index >= 15 is 0 Å². The van der Waals surface area contributed by atoms with E-state index in [0.717, 1.165) is 16.7 Å². The number of carbonyl (C=O) groups excluding carboxylic acids is 1. The monoisotopic (exact) mass is 544 g/mol. The molecule has 36 heavy (non-hydrogen) atoms. The van der Waals surface area contributed by atoms with Gasteiger partial charge in [-0.2, -0.15) is 5.10 Å². The van der Waals surface area contributed by atoms with Crippen molar-refractivity contribution in [2.45, 2.75) is 19.1 Å². The summed E-state index contributed by atoms with van der Waals surface area (Å²) in [5, 5.41) is 8.68. The summed E-state index contributed by atoms with van der Waals surface area (Å²) < 4.78 is 30.7. The van der Waals surface area contributed by atoms with Crippen molar-refractivity contribution in [2.24, 2.45) is 0 Å². The van der Waals surface area contributed by atoms with Gasteiger partial charge in [-0.1, -0.05) is 53.5 Å². The zero-order valence-corrected chi connectivity index (χ0v) is 21.6. The third kappa shape index (κ3) is 4.71. The smallest absolute Gasteiger partial charge is 0.257 e. The second kappa shape index (κ2) is 9.82. The lowest BCUT2D eigenvalue weighted by Gasteiger charge is -2.14. The molecule has 1 aliphatic heterocycles. The minimum absolute atomic E-state index is 0.0534. The van der Waals surface area contributed by atoms with Gasteiger partial charge >= 0.3 is 0 Å². The van der Waals surface area contributed by atoms with E-state index < -0.39 is 21.8 Å². The van der Waals surface area contributed by atoms with Gasteiger partial charge in [0.25, 0.3) is 5.91 Å². The minimum Gasteiger partial charge on any atom is -0.378 e. The summed E-state index contributed by atoms with van der Waals surface area (Å²) in [5.41, 5.74) is 3.88. The van der Waals surface area contributed by atoms with Crippen molar-refractivity contribution in [3.8, 4) is 22.4 Å². The third-order valence-corrected chi connectivity index (χ3v) is 8.42. The first kappa shape index (κ1) is 24.7. The Morgan fingerprint density at radius 1 is 1.14 bits per heavy atom. The van der Waals surface area contributed by atoms with Crippen molar-refractivity contribution in [3.63, 3.8) is 0 Å². The fourth-order valence-corrected chi connectivity index (χ4v) is 6.47. The van der Waals surface area contributed by atoms with Crippen LogP contribution < -0.4 is 5.32 Å². The molecule has 1 saturated heterocycles. The number of fused-ring (bicyclic) bond motifs is 1. The SMILES string of the molecule is COCc1nn2c(-c3ccc(Cl)cc3)c(-c3ccccc3Cl)cnc2c1C(=O)N[C@H]1CCS(=O)(=O)C1. The van der Waals surface area contributed by atoms with Crippen LogP contribution in [0, 0.1) is 0 Å². The van der Waals surface area contributed by atoms with Gasteiger partial charge in [0.05, 0.1) is 23.8 Å². The zero-order valence-electron chi connectivity index (χ0n) is 19.2. The fraction of sp³-hybridized carbons (Fsp3) is 0.240. The van der Waals surface area contributed by atoms with Crippen molar-refractivity contribution in [3.05, 3.63) is 76.0 Å². The number of methoxy groups -OCH3 is 1. The normalized spacial score (nSPS) is 16.9. The molecule has 1 N–H and O–H groups in total. The number of sulfone groups is 1. The average Bonchev–Trinajstić information content (AvgIpc) is 3.38. The molecule has 0 spiro atoms. The number of hydrogen-bond acceptors (Lipinski definition) is 6. The van der Waals surface area contributed by atoms with Gasteiger partial charge in [0, 0.05) is 46.1 Å². The van der Waals surface area contributed by atoms with Gasteiger partial charge in [-0.3, -0.25) is 4.79 Å². The number of hydrogen-bond donors (Lipinski definition) is 1. The Morgan fingerprint density at radius 2 is 1.89 bits per heavy atom. The summed E-state index contributed by atoms with van der Waals surface area (Å²) in [6.07, 6.45) is 2.03. The van der Waals surface area contributed by atoms with Gasteiger partial charge < -0.3 is 10.1 Å². The lowest BCUT2D eigenvalue weighted by Crippen LogP contribution is -2.36. The summed E-state index contributed by atoms with van der Waals surface area (Å²) in [6.45, 7) is 0.0660. The first-order valence-electron chi connectivity index (χ1n) is 11.2. The van der Waals surface area contributed by atoms with Crippen LogP contribution in [-0.2, 0) is 21.2 Å². The molecule has 11 heteroatoms. The molecule has 3 heterocycles. The van der Waals surface area contributed by atoms with E-state index in [1.165, 1.54) is 7.11 Å². The molecule has 5 rings (SSSR count). The van der Waals surface area contributed by atoms with Crippen LogP contribution in [0.1, 0.15) is 22.5 Å². The van der Waals surface area contributed by atoms with E-state index in [2.05, 4.69) is 10.3 Å². The number of halogens is 2. The van der Waals surface area contributed by atoms with Crippen LogP contribution in [-0.4, -0.2) is 53.6 Å². The van der Waals surface area contributed by atoms with E-state index in [4.69, 9.17) is 33.0 Å². The fourth-order valence-electron chi connectivity index (χ4n) is 4.43. The molecule has 0 aliphatic carbocycles. The summed E-state index contributed by atoms with van der Waals surface area (Å²) in [5.74, 6) is -0.477. The molecule has 1 fully saturated rings.